The van der Waals surface area contributed by atoms with E-state index in [2.05, 4.69) is 21.2 Å². The van der Waals surface area contributed by atoms with Gasteiger partial charge in [-0.15, -0.1) is 11.8 Å². The fourth-order valence-corrected chi connectivity index (χ4v) is 12.3. The van der Waals surface area contributed by atoms with E-state index in [1.807, 2.05) is 27.0 Å². The summed E-state index contributed by atoms with van der Waals surface area (Å²) in [5.41, 5.74) is 3.30. The predicted molar refractivity (Wildman–Crippen MR) is 223 cm³/mol. The van der Waals surface area contributed by atoms with Gasteiger partial charge in [-0.2, -0.15) is 5.26 Å². The first-order valence-corrected chi connectivity index (χ1v) is 21.7. The van der Waals surface area contributed by atoms with Gasteiger partial charge >= 0.3 is 18.1 Å². The average Bonchev–Trinajstić information content (AvgIpc) is 3.70. The Kier molecular flexibility index (Phi) is 10.2. The minimum Gasteiger partial charge on any atom is -0.504 e. The molecule has 0 saturated carbocycles. The maximum absolute atomic E-state index is 15.0. The summed E-state index contributed by atoms with van der Waals surface area (Å²) in [6.07, 6.45) is 0.0593. The van der Waals surface area contributed by atoms with Crippen LogP contribution in [0.4, 0.5) is 4.79 Å². The summed E-state index contributed by atoms with van der Waals surface area (Å²) in [6.45, 7) is 10.3. The smallest absolute Gasteiger partial charge is 0.504 e. The number of aromatic hydroxyl groups is 1. The quantitative estimate of drug-likeness (QED) is 0.187. The van der Waals surface area contributed by atoms with E-state index in [1.54, 1.807) is 32.9 Å². The molecule has 0 radical (unpaired) electrons. The van der Waals surface area contributed by atoms with Crippen molar-refractivity contribution in [3.05, 3.63) is 62.7 Å². The van der Waals surface area contributed by atoms with Crippen LogP contribution in [0.2, 0.25) is 0 Å². The molecule has 4 bridgehead atoms. The third-order valence-corrected chi connectivity index (χ3v) is 14.5. The number of carbonyl (C=O) groups excluding carboxylic acids is 3. The molecule has 0 amide bonds. The number of esters is 2. The van der Waals surface area contributed by atoms with Crippen LogP contribution in [0.15, 0.2) is 18.2 Å². The van der Waals surface area contributed by atoms with Gasteiger partial charge in [0.25, 0.3) is 0 Å². The van der Waals surface area contributed by atoms with Crippen molar-refractivity contribution in [1.29, 1.82) is 5.26 Å². The number of thioether (sulfide) groups is 1. The van der Waals surface area contributed by atoms with Crippen molar-refractivity contribution in [1.82, 2.24) is 15.1 Å². The Hall–Kier alpha value is -5.41. The highest BCUT2D eigenvalue weighted by Crippen LogP contribution is 2.64. The number of piperazine rings is 1. The number of fused-ring (bicyclic) bond motifs is 9. The molecular weight excluding hydrogens is 821 g/mol. The lowest BCUT2D eigenvalue weighted by Crippen LogP contribution is -2.69. The van der Waals surface area contributed by atoms with Crippen LogP contribution < -0.4 is 33.7 Å². The Morgan fingerprint density at radius 3 is 2.45 bits per heavy atom. The molecule has 10 rings (SSSR count). The minimum absolute atomic E-state index is 0.0238. The van der Waals surface area contributed by atoms with E-state index < -0.39 is 58.7 Å². The molecule has 3 aromatic carbocycles. The number of hydrogen-bond donors (Lipinski definition) is 2. The number of phenols is 1. The highest BCUT2D eigenvalue weighted by Gasteiger charge is 2.62. The zero-order valence-corrected chi connectivity index (χ0v) is 36.9. The first-order valence-electron chi connectivity index (χ1n) is 20.6. The van der Waals surface area contributed by atoms with Crippen molar-refractivity contribution in [2.75, 3.05) is 47.0 Å². The van der Waals surface area contributed by atoms with E-state index in [0.29, 0.717) is 70.2 Å². The number of likely N-dealkylation sites (N-methyl/N-ethyl adjacent to an activating group) is 1. The minimum atomic E-state index is -1.45. The molecule has 7 heterocycles. The zero-order valence-electron chi connectivity index (χ0n) is 36.1. The van der Waals surface area contributed by atoms with Gasteiger partial charge in [0.05, 0.1) is 37.6 Å². The van der Waals surface area contributed by atoms with E-state index in [9.17, 15) is 20.0 Å². The number of nitrogens with one attached hydrogen (secondary N) is 1. The molecule has 7 aliphatic heterocycles. The fraction of sp³-hybridized carbons (Fsp3) is 0.511. The first kappa shape index (κ1) is 41.9. The van der Waals surface area contributed by atoms with Crippen LogP contribution in [0, 0.1) is 25.2 Å². The first-order chi connectivity index (χ1) is 29.5. The van der Waals surface area contributed by atoms with Gasteiger partial charge in [0, 0.05) is 53.6 Å². The molecule has 62 heavy (non-hydrogen) atoms. The van der Waals surface area contributed by atoms with Crippen LogP contribution in [0.3, 0.4) is 0 Å². The van der Waals surface area contributed by atoms with Crippen LogP contribution in [0.1, 0.15) is 89.5 Å². The Labute approximate surface area is 363 Å². The monoisotopic (exact) mass is 870 g/mol. The van der Waals surface area contributed by atoms with E-state index in [1.165, 1.54) is 32.9 Å². The van der Waals surface area contributed by atoms with Crippen molar-refractivity contribution >= 4 is 29.9 Å². The molecule has 16 nitrogen and oxygen atoms in total. The van der Waals surface area contributed by atoms with Crippen molar-refractivity contribution < 1.29 is 57.4 Å². The number of benzene rings is 3. The molecule has 0 aromatic heterocycles. The van der Waals surface area contributed by atoms with Crippen LogP contribution in [-0.4, -0.2) is 104 Å². The van der Waals surface area contributed by atoms with Gasteiger partial charge in [0.15, 0.2) is 40.0 Å². The van der Waals surface area contributed by atoms with Crippen molar-refractivity contribution in [3.8, 4) is 46.3 Å². The number of methoxy groups -OCH3 is 2. The lowest BCUT2D eigenvalue weighted by molar-refractivity contribution is -0.157. The number of rotatable bonds is 4. The molecule has 1 spiro atoms. The molecule has 17 heteroatoms. The molecular formula is C45H50N4O12S. The van der Waals surface area contributed by atoms with Gasteiger partial charge in [-0.25, -0.2) is 9.59 Å². The molecule has 1 unspecified atom stereocenters. The summed E-state index contributed by atoms with van der Waals surface area (Å²) in [7, 11) is 4.96. The average molecular weight is 871 g/mol. The van der Waals surface area contributed by atoms with Crippen LogP contribution in [0.25, 0.3) is 0 Å². The molecule has 7 aliphatic rings. The summed E-state index contributed by atoms with van der Waals surface area (Å²) < 4.78 is 47.6. The van der Waals surface area contributed by atoms with E-state index in [-0.39, 0.29) is 42.4 Å². The number of nitriles is 1. The zero-order chi connectivity index (χ0) is 44.2. The number of nitrogens with zero attached hydrogens (tertiary/aromatic N) is 3. The summed E-state index contributed by atoms with van der Waals surface area (Å²) >= 11 is 1.45. The van der Waals surface area contributed by atoms with Crippen molar-refractivity contribution in [3.63, 3.8) is 0 Å². The summed E-state index contributed by atoms with van der Waals surface area (Å²) in [5.74, 6) is 0.906. The molecule has 2 N–H and O–H groups in total. The van der Waals surface area contributed by atoms with Gasteiger partial charge in [0.1, 0.15) is 24.0 Å². The Morgan fingerprint density at radius 1 is 1.00 bits per heavy atom. The van der Waals surface area contributed by atoms with Crippen LogP contribution >= 0.6 is 11.8 Å². The second-order valence-electron chi connectivity index (χ2n) is 17.6. The molecule has 328 valence electrons. The summed E-state index contributed by atoms with van der Waals surface area (Å²) in [4.78, 5) is 45.3. The van der Waals surface area contributed by atoms with Gasteiger partial charge in [0.2, 0.25) is 6.79 Å². The molecule has 0 aliphatic carbocycles. The number of phenolic OH excluding ortho intramolecular Hbond substituents is 1. The second-order valence-corrected chi connectivity index (χ2v) is 18.8. The highest BCUT2D eigenvalue weighted by atomic mass is 32.2. The fourth-order valence-electron chi connectivity index (χ4n) is 10.6. The van der Waals surface area contributed by atoms with E-state index in [0.717, 1.165) is 16.7 Å². The van der Waals surface area contributed by atoms with Crippen molar-refractivity contribution in [2.24, 2.45) is 0 Å². The Bertz CT molecular complexity index is 2460. The van der Waals surface area contributed by atoms with Gasteiger partial charge in [-0.05, 0) is 88.9 Å². The largest absolute Gasteiger partial charge is 0.514 e. The summed E-state index contributed by atoms with van der Waals surface area (Å²) in [6, 6.07) is 5.15. The standard InChI is InChI=1S/C45H50N4O12S/c1-20-12-24-13-26-27(16-46)49-28-17-56-42(52)45(25-15-29(54-8)30(14-23(25)10-11-47-45)60-43(53)61-44(4,5)6)18-62-41(35(49)34(48(26)7)31(24)36(51)37(20)55-9)33-32(28)40-39(57-19-58-40)21(2)38(33)59-22(3)50/h12,14-15,26-28,34-35,41,47,51H,10-11,13,17-19H2,1-9H3/t26-,27+,28-,34-,35?,41-,45-/m1/s1. The third kappa shape index (κ3) is 6.31. The van der Waals surface area contributed by atoms with Gasteiger partial charge < -0.3 is 43.0 Å². The number of aryl methyl sites for hydroxylation is 1. The molecule has 2 fully saturated rings. The predicted octanol–water partition coefficient (Wildman–Crippen LogP) is 5.60. The second kappa shape index (κ2) is 15.1. The highest BCUT2D eigenvalue weighted by molar-refractivity contribution is 7.99. The van der Waals surface area contributed by atoms with E-state index in [4.69, 9.17) is 37.9 Å². The number of hydrogen-bond acceptors (Lipinski definition) is 17. The van der Waals surface area contributed by atoms with Gasteiger partial charge in [-0.1, -0.05) is 6.07 Å². The van der Waals surface area contributed by atoms with Gasteiger partial charge in [-0.3, -0.25) is 19.9 Å². The lowest BCUT2D eigenvalue weighted by atomic mass is 9.71. The topological polar surface area (TPSA) is 188 Å². The third-order valence-electron chi connectivity index (χ3n) is 13.0. The van der Waals surface area contributed by atoms with Crippen LogP contribution in [-0.2, 0) is 37.4 Å². The molecule has 3 aromatic rings. The number of carbonyl (C=O) groups is 3. The molecule has 7 atom stereocenters. The lowest BCUT2D eigenvalue weighted by Gasteiger charge is -2.62. The molecule has 2 saturated heterocycles. The SMILES string of the molecule is COc1cc2c(cc1OC(=O)OC(C)(C)C)CCN[C@]21CS[C@@H]2c3c(OC(C)=O)c(C)c4c(c3[C@@H](COC1=O)N1C2[C@H]2c3c(cc(C)c(OC)c3O)C[C@H]([C@@H]1C#N)N2C)OCO4. The van der Waals surface area contributed by atoms with E-state index >= 15 is 4.79 Å². The summed E-state index contributed by atoms with van der Waals surface area (Å²) in [5, 5.41) is 26.3. The Balaban J connectivity index is 1.27. The normalized spacial score (nSPS) is 27.1. The maximum atomic E-state index is 15.0. The van der Waals surface area contributed by atoms with Crippen LogP contribution in [0.5, 0.6) is 40.2 Å². The number of ether oxygens (including phenoxy) is 8. The Morgan fingerprint density at radius 2 is 1.76 bits per heavy atom. The maximum Gasteiger partial charge on any atom is 0.514 e. The van der Waals surface area contributed by atoms with Crippen molar-refractivity contribution in [2.45, 2.75) is 101 Å².